The lowest BCUT2D eigenvalue weighted by molar-refractivity contribution is 0.0525. The first-order valence-electron chi connectivity index (χ1n) is 4.24. The van der Waals surface area contributed by atoms with Gasteiger partial charge in [0, 0.05) is 0 Å². The van der Waals surface area contributed by atoms with Crippen LogP contribution in [-0.2, 0) is 4.74 Å². The number of carbonyl (C=O) groups excluding carboxylic acids is 1. The number of nitrogens with zero attached hydrogens (tertiary/aromatic N) is 2. The second-order valence-electron chi connectivity index (χ2n) is 2.80. The molecule has 14 heavy (non-hydrogen) atoms. The Morgan fingerprint density at radius 2 is 2.07 bits per heavy atom. The molecule has 1 heterocycles. The number of esters is 1. The predicted molar refractivity (Wildman–Crippen MR) is 52.5 cm³/mol. The second kappa shape index (κ2) is 4.37. The minimum Gasteiger partial charge on any atom is -0.462 e. The topological polar surface area (TPSA) is 52.1 Å². The summed E-state index contributed by atoms with van der Waals surface area (Å²) >= 11 is 5.76. The van der Waals surface area contributed by atoms with Gasteiger partial charge >= 0.3 is 5.97 Å². The molecule has 0 atom stereocenters. The average Bonchev–Trinajstić information content (AvgIpc) is 2.13. The van der Waals surface area contributed by atoms with Crippen LogP contribution in [0.5, 0.6) is 0 Å². The molecular weight excluding hydrogens is 204 g/mol. The molecule has 0 saturated carbocycles. The van der Waals surface area contributed by atoms with Gasteiger partial charge in [-0.1, -0.05) is 11.6 Å². The van der Waals surface area contributed by atoms with E-state index in [4.69, 9.17) is 16.3 Å². The molecule has 0 N–H and O–H groups in total. The summed E-state index contributed by atoms with van der Waals surface area (Å²) in [5.41, 5.74) is 1.70. The fourth-order valence-corrected chi connectivity index (χ4v) is 1.28. The minimum atomic E-state index is -0.451. The predicted octanol–water partition coefficient (Wildman–Crippen LogP) is 1.92. The number of ether oxygens (including phenoxy) is 1. The van der Waals surface area contributed by atoms with Gasteiger partial charge in [0.05, 0.1) is 12.3 Å². The van der Waals surface area contributed by atoms with Crippen LogP contribution in [0.2, 0.25) is 5.15 Å². The Kier molecular flexibility index (Phi) is 3.41. The van der Waals surface area contributed by atoms with Crippen LogP contribution in [0.4, 0.5) is 0 Å². The van der Waals surface area contributed by atoms with Gasteiger partial charge < -0.3 is 4.74 Å². The Morgan fingerprint density at radius 1 is 1.43 bits per heavy atom. The molecule has 1 rings (SSSR count). The monoisotopic (exact) mass is 214 g/mol. The van der Waals surface area contributed by atoms with Gasteiger partial charge in [-0.25, -0.2) is 4.79 Å². The molecule has 0 aromatic carbocycles. The SMILES string of the molecule is CCOC(=O)c1c(Cl)nnc(C)c1C. The minimum absolute atomic E-state index is 0.0894. The number of halogens is 1. The molecule has 0 spiro atoms. The van der Waals surface area contributed by atoms with Gasteiger partial charge in [0.15, 0.2) is 5.15 Å². The molecule has 0 unspecified atom stereocenters. The molecule has 0 saturated heterocycles. The molecule has 0 amide bonds. The Bertz CT molecular complexity index is 366. The van der Waals surface area contributed by atoms with Gasteiger partial charge in [-0.05, 0) is 26.3 Å². The van der Waals surface area contributed by atoms with Crippen LogP contribution in [0.25, 0.3) is 0 Å². The lowest BCUT2D eigenvalue weighted by atomic mass is 10.1. The molecule has 76 valence electrons. The van der Waals surface area contributed by atoms with E-state index >= 15 is 0 Å². The first-order chi connectivity index (χ1) is 6.57. The van der Waals surface area contributed by atoms with Gasteiger partial charge in [0.25, 0.3) is 0 Å². The van der Waals surface area contributed by atoms with Crippen LogP contribution >= 0.6 is 11.6 Å². The van der Waals surface area contributed by atoms with Crippen LogP contribution < -0.4 is 0 Å². The van der Waals surface area contributed by atoms with Crippen molar-refractivity contribution in [1.82, 2.24) is 10.2 Å². The fourth-order valence-electron chi connectivity index (χ4n) is 1.02. The number of aromatic nitrogens is 2. The maximum absolute atomic E-state index is 11.5. The quantitative estimate of drug-likeness (QED) is 0.706. The van der Waals surface area contributed by atoms with Crippen molar-refractivity contribution in [1.29, 1.82) is 0 Å². The maximum atomic E-state index is 11.5. The van der Waals surface area contributed by atoms with Crippen LogP contribution in [0.15, 0.2) is 0 Å². The normalized spacial score (nSPS) is 10.0. The third-order valence-corrected chi connectivity index (χ3v) is 2.16. The maximum Gasteiger partial charge on any atom is 0.341 e. The van der Waals surface area contributed by atoms with Crippen LogP contribution in [0.3, 0.4) is 0 Å². The summed E-state index contributed by atoms with van der Waals surface area (Å²) in [5.74, 6) is -0.451. The van der Waals surface area contributed by atoms with Gasteiger partial charge in [-0.15, -0.1) is 5.10 Å². The Labute approximate surface area is 87.2 Å². The lowest BCUT2D eigenvalue weighted by Crippen LogP contribution is -2.10. The van der Waals surface area contributed by atoms with Gasteiger partial charge in [-0.2, -0.15) is 5.10 Å². The highest BCUT2D eigenvalue weighted by Crippen LogP contribution is 2.19. The molecule has 0 fully saturated rings. The van der Waals surface area contributed by atoms with E-state index in [-0.39, 0.29) is 5.15 Å². The van der Waals surface area contributed by atoms with E-state index in [1.54, 1.807) is 20.8 Å². The number of rotatable bonds is 2. The Morgan fingerprint density at radius 3 is 2.64 bits per heavy atom. The van der Waals surface area contributed by atoms with Crippen molar-refractivity contribution in [3.63, 3.8) is 0 Å². The molecule has 4 nitrogen and oxygen atoms in total. The highest BCUT2D eigenvalue weighted by atomic mass is 35.5. The van der Waals surface area contributed by atoms with Crippen LogP contribution in [0, 0.1) is 13.8 Å². The average molecular weight is 215 g/mol. The molecule has 0 bridgehead atoms. The second-order valence-corrected chi connectivity index (χ2v) is 3.15. The Hall–Kier alpha value is -1.16. The molecule has 1 aromatic heterocycles. The molecule has 5 heteroatoms. The summed E-state index contributed by atoms with van der Waals surface area (Å²) in [6.07, 6.45) is 0. The zero-order valence-corrected chi connectivity index (χ0v) is 9.05. The number of hydrogen-bond acceptors (Lipinski definition) is 4. The zero-order chi connectivity index (χ0) is 10.7. The fraction of sp³-hybridized carbons (Fsp3) is 0.444. The third-order valence-electron chi connectivity index (χ3n) is 1.89. The lowest BCUT2D eigenvalue weighted by Gasteiger charge is -2.07. The first kappa shape index (κ1) is 10.9. The van der Waals surface area contributed by atoms with Crippen molar-refractivity contribution < 1.29 is 9.53 Å². The first-order valence-corrected chi connectivity index (χ1v) is 4.62. The smallest absolute Gasteiger partial charge is 0.341 e. The summed E-state index contributed by atoms with van der Waals surface area (Å²) in [7, 11) is 0. The number of aryl methyl sites for hydroxylation is 1. The van der Waals surface area contributed by atoms with E-state index in [0.717, 1.165) is 0 Å². The van der Waals surface area contributed by atoms with E-state index in [2.05, 4.69) is 10.2 Å². The van der Waals surface area contributed by atoms with Crippen molar-refractivity contribution in [3.8, 4) is 0 Å². The summed E-state index contributed by atoms with van der Waals surface area (Å²) in [6, 6.07) is 0. The molecular formula is C9H11ClN2O2. The van der Waals surface area contributed by atoms with Crippen molar-refractivity contribution in [2.75, 3.05) is 6.61 Å². The third kappa shape index (κ3) is 2.01. The standard InChI is InChI=1S/C9H11ClN2O2/c1-4-14-9(13)7-5(2)6(3)11-12-8(7)10/h4H2,1-3H3. The van der Waals surface area contributed by atoms with E-state index < -0.39 is 5.97 Å². The van der Waals surface area contributed by atoms with Gasteiger partial charge in [0.2, 0.25) is 0 Å². The van der Waals surface area contributed by atoms with Crippen molar-refractivity contribution in [3.05, 3.63) is 22.0 Å². The molecule has 0 aliphatic heterocycles. The van der Waals surface area contributed by atoms with Crippen molar-refractivity contribution in [2.24, 2.45) is 0 Å². The summed E-state index contributed by atoms with van der Waals surface area (Å²) in [5, 5.41) is 7.54. The van der Waals surface area contributed by atoms with E-state index in [9.17, 15) is 4.79 Å². The van der Waals surface area contributed by atoms with Gasteiger partial charge in [-0.3, -0.25) is 0 Å². The molecule has 0 aliphatic rings. The van der Waals surface area contributed by atoms with E-state index in [0.29, 0.717) is 23.4 Å². The molecule has 0 radical (unpaired) electrons. The summed E-state index contributed by atoms with van der Waals surface area (Å²) < 4.78 is 4.85. The van der Waals surface area contributed by atoms with Gasteiger partial charge in [0.1, 0.15) is 5.56 Å². The molecule has 0 aliphatic carbocycles. The summed E-state index contributed by atoms with van der Waals surface area (Å²) in [4.78, 5) is 11.5. The number of carbonyl (C=O) groups is 1. The van der Waals surface area contributed by atoms with Crippen molar-refractivity contribution >= 4 is 17.6 Å². The van der Waals surface area contributed by atoms with E-state index in [1.165, 1.54) is 0 Å². The van der Waals surface area contributed by atoms with Crippen LogP contribution in [0.1, 0.15) is 28.5 Å². The highest BCUT2D eigenvalue weighted by Gasteiger charge is 2.17. The Balaban J connectivity index is 3.18. The molecule has 1 aromatic rings. The van der Waals surface area contributed by atoms with Crippen molar-refractivity contribution in [2.45, 2.75) is 20.8 Å². The highest BCUT2D eigenvalue weighted by molar-refractivity contribution is 6.32. The zero-order valence-electron chi connectivity index (χ0n) is 8.30. The van der Waals surface area contributed by atoms with Crippen LogP contribution in [-0.4, -0.2) is 22.8 Å². The summed E-state index contributed by atoms with van der Waals surface area (Å²) in [6.45, 7) is 5.59. The largest absolute Gasteiger partial charge is 0.462 e. The van der Waals surface area contributed by atoms with E-state index in [1.807, 2.05) is 0 Å². The number of hydrogen-bond donors (Lipinski definition) is 0.